The van der Waals surface area contributed by atoms with Gasteiger partial charge in [0.2, 0.25) is 15.9 Å². The van der Waals surface area contributed by atoms with E-state index in [0.29, 0.717) is 36.5 Å². The topological polar surface area (TPSA) is 118 Å². The minimum absolute atomic E-state index is 0.103. The maximum absolute atomic E-state index is 12.6. The molecule has 31 heavy (non-hydrogen) atoms. The van der Waals surface area contributed by atoms with E-state index in [4.69, 9.17) is 16.3 Å². The van der Waals surface area contributed by atoms with Crippen LogP contribution in [0.2, 0.25) is 5.02 Å². The van der Waals surface area contributed by atoms with Gasteiger partial charge in [0.25, 0.3) is 0 Å². The van der Waals surface area contributed by atoms with Gasteiger partial charge in [-0.05, 0) is 55.7 Å². The number of nitrogens with zero attached hydrogens (tertiary/aromatic N) is 1. The molecule has 3 N–H and O–H groups in total. The molecule has 0 unspecified atom stereocenters. The minimum Gasteiger partial charge on any atom is -0.394 e. The summed E-state index contributed by atoms with van der Waals surface area (Å²) < 4.78 is 33.7. The molecule has 1 aliphatic rings. The predicted octanol–water partition coefficient (Wildman–Crippen LogP) is 1.67. The quantitative estimate of drug-likeness (QED) is 0.516. The predicted molar refractivity (Wildman–Crippen MR) is 116 cm³/mol. The van der Waals surface area contributed by atoms with Gasteiger partial charge in [0.15, 0.2) is 0 Å². The van der Waals surface area contributed by atoms with Gasteiger partial charge in [0.1, 0.15) is 0 Å². The lowest BCUT2D eigenvalue weighted by molar-refractivity contribution is -0.121. The second-order valence-corrected chi connectivity index (χ2v) is 9.53. The number of aliphatic hydroxyl groups is 1. The zero-order chi connectivity index (χ0) is 22.3. The van der Waals surface area contributed by atoms with Crippen LogP contribution < -0.4 is 10.0 Å². The Labute approximate surface area is 187 Å². The summed E-state index contributed by atoms with van der Waals surface area (Å²) in [5.41, 5.74) is 0.699. The molecule has 3 rings (SSSR count). The molecule has 0 saturated carbocycles. The average molecular weight is 468 g/mol. The minimum atomic E-state index is -3.76. The molecule has 1 aliphatic heterocycles. The summed E-state index contributed by atoms with van der Waals surface area (Å²) in [6, 6.07) is 10.8. The molecule has 0 aliphatic carbocycles. The SMILES string of the molecule is O=C(Cc1ccccn1)NCC[C@H]1CC[C@@H](NS(=O)(=O)c2ccc(Cl)cc2)[C@H](CO)O1. The smallest absolute Gasteiger partial charge is 0.240 e. The Balaban J connectivity index is 1.46. The molecule has 168 valence electrons. The van der Waals surface area contributed by atoms with Crippen LogP contribution in [0.4, 0.5) is 0 Å². The number of ether oxygens (including phenoxy) is 1. The van der Waals surface area contributed by atoms with Gasteiger partial charge < -0.3 is 15.2 Å². The van der Waals surface area contributed by atoms with Gasteiger partial charge in [0, 0.05) is 23.5 Å². The van der Waals surface area contributed by atoms with Crippen molar-refractivity contribution >= 4 is 27.5 Å². The molecular formula is C21H26ClN3O5S. The van der Waals surface area contributed by atoms with Crippen molar-refractivity contribution in [1.29, 1.82) is 0 Å². The second kappa shape index (κ2) is 11.0. The molecule has 1 aromatic carbocycles. The number of aromatic nitrogens is 1. The Morgan fingerprint density at radius 3 is 2.65 bits per heavy atom. The number of amides is 1. The van der Waals surface area contributed by atoms with Crippen molar-refractivity contribution in [3.8, 4) is 0 Å². The highest BCUT2D eigenvalue weighted by atomic mass is 35.5. The van der Waals surface area contributed by atoms with Gasteiger partial charge >= 0.3 is 0 Å². The van der Waals surface area contributed by atoms with Crippen LogP contribution in [0, 0.1) is 0 Å². The molecule has 1 amide bonds. The number of benzene rings is 1. The summed E-state index contributed by atoms with van der Waals surface area (Å²) in [4.78, 5) is 16.3. The Bertz CT molecular complexity index is 957. The molecule has 0 bridgehead atoms. The third kappa shape index (κ3) is 6.98. The van der Waals surface area contributed by atoms with Crippen molar-refractivity contribution in [1.82, 2.24) is 15.0 Å². The van der Waals surface area contributed by atoms with Crippen molar-refractivity contribution in [2.75, 3.05) is 13.2 Å². The molecule has 0 spiro atoms. The third-order valence-corrected chi connectivity index (χ3v) is 6.84. The third-order valence-electron chi connectivity index (χ3n) is 5.08. The second-order valence-electron chi connectivity index (χ2n) is 7.37. The number of halogens is 1. The lowest BCUT2D eigenvalue weighted by Crippen LogP contribution is -2.51. The van der Waals surface area contributed by atoms with E-state index in [0.717, 1.165) is 0 Å². The summed E-state index contributed by atoms with van der Waals surface area (Å²) in [7, 11) is -3.76. The summed E-state index contributed by atoms with van der Waals surface area (Å²) in [5, 5.41) is 13.0. The van der Waals surface area contributed by atoms with Crippen LogP contribution in [0.5, 0.6) is 0 Å². The number of hydrogen-bond donors (Lipinski definition) is 3. The number of pyridine rings is 1. The number of nitrogens with one attached hydrogen (secondary N) is 2. The van der Waals surface area contributed by atoms with E-state index in [9.17, 15) is 18.3 Å². The number of carbonyl (C=O) groups excluding carboxylic acids is 1. The van der Waals surface area contributed by atoms with Crippen LogP contribution in [0.3, 0.4) is 0 Å². The molecule has 8 nitrogen and oxygen atoms in total. The Morgan fingerprint density at radius 1 is 1.19 bits per heavy atom. The fourth-order valence-corrected chi connectivity index (χ4v) is 4.89. The van der Waals surface area contributed by atoms with Gasteiger partial charge in [0.05, 0.1) is 36.2 Å². The van der Waals surface area contributed by atoms with Crippen LogP contribution in [-0.4, -0.2) is 55.8 Å². The van der Waals surface area contributed by atoms with Gasteiger partial charge in [-0.3, -0.25) is 9.78 Å². The van der Waals surface area contributed by atoms with E-state index in [1.807, 2.05) is 6.07 Å². The zero-order valence-corrected chi connectivity index (χ0v) is 18.5. The summed E-state index contributed by atoms with van der Waals surface area (Å²) in [6.07, 6.45) is 2.71. The van der Waals surface area contributed by atoms with Gasteiger partial charge in [-0.15, -0.1) is 0 Å². The van der Waals surface area contributed by atoms with Crippen LogP contribution in [-0.2, 0) is 26.0 Å². The number of carbonyl (C=O) groups is 1. The molecule has 2 aromatic rings. The van der Waals surface area contributed by atoms with Crippen LogP contribution in [0.25, 0.3) is 0 Å². The van der Waals surface area contributed by atoms with Crippen LogP contribution in [0.15, 0.2) is 53.6 Å². The van der Waals surface area contributed by atoms with E-state index < -0.39 is 22.2 Å². The zero-order valence-electron chi connectivity index (χ0n) is 16.9. The van der Waals surface area contributed by atoms with E-state index in [2.05, 4.69) is 15.0 Å². The van der Waals surface area contributed by atoms with Gasteiger partial charge in [-0.1, -0.05) is 17.7 Å². The van der Waals surface area contributed by atoms with Gasteiger partial charge in [-0.2, -0.15) is 0 Å². The van der Waals surface area contributed by atoms with Crippen LogP contribution >= 0.6 is 11.6 Å². The highest BCUT2D eigenvalue weighted by molar-refractivity contribution is 7.89. The maximum Gasteiger partial charge on any atom is 0.240 e. The standard InChI is InChI=1S/C21H26ClN3O5S/c22-15-4-7-18(8-5-15)31(28,29)25-19-9-6-17(30-20(19)14-26)10-12-24-21(27)13-16-3-1-2-11-23-16/h1-5,7-8,11,17,19-20,25-26H,6,9-10,12-14H2,(H,24,27)/t17-,19-,20+/m1/s1. The average Bonchev–Trinajstić information content (AvgIpc) is 2.75. The Kier molecular flexibility index (Phi) is 8.39. The van der Waals surface area contributed by atoms with Crippen molar-refractivity contribution in [2.45, 2.75) is 48.8 Å². The maximum atomic E-state index is 12.6. The lowest BCUT2D eigenvalue weighted by Gasteiger charge is -2.36. The Hall–Kier alpha value is -2.04. The molecule has 2 heterocycles. The van der Waals surface area contributed by atoms with Crippen LogP contribution in [0.1, 0.15) is 25.0 Å². The van der Waals surface area contributed by atoms with E-state index in [-0.39, 0.29) is 29.9 Å². The van der Waals surface area contributed by atoms with E-state index >= 15 is 0 Å². The van der Waals surface area contributed by atoms with Gasteiger partial charge in [-0.25, -0.2) is 13.1 Å². The number of rotatable bonds is 9. The monoisotopic (exact) mass is 467 g/mol. The van der Waals surface area contributed by atoms with Crippen molar-refractivity contribution in [3.05, 3.63) is 59.4 Å². The fourth-order valence-electron chi connectivity index (χ4n) is 3.46. The summed E-state index contributed by atoms with van der Waals surface area (Å²) >= 11 is 5.82. The normalized spacial score (nSPS) is 21.5. The first-order chi connectivity index (χ1) is 14.9. The lowest BCUT2D eigenvalue weighted by atomic mass is 9.98. The number of aliphatic hydroxyl groups excluding tert-OH is 1. The molecule has 3 atom stereocenters. The number of sulfonamides is 1. The van der Waals surface area contributed by atoms with Crippen molar-refractivity contribution < 1.29 is 23.1 Å². The summed E-state index contributed by atoms with van der Waals surface area (Å²) in [5.74, 6) is -0.123. The van der Waals surface area contributed by atoms with Crippen molar-refractivity contribution in [3.63, 3.8) is 0 Å². The molecule has 0 radical (unpaired) electrons. The molecular weight excluding hydrogens is 442 g/mol. The molecule has 10 heteroatoms. The van der Waals surface area contributed by atoms with E-state index in [1.165, 1.54) is 24.3 Å². The molecule has 1 saturated heterocycles. The Morgan fingerprint density at radius 2 is 1.97 bits per heavy atom. The van der Waals surface area contributed by atoms with E-state index in [1.54, 1.807) is 18.3 Å². The highest BCUT2D eigenvalue weighted by Gasteiger charge is 2.33. The largest absolute Gasteiger partial charge is 0.394 e. The first-order valence-corrected chi connectivity index (χ1v) is 11.9. The highest BCUT2D eigenvalue weighted by Crippen LogP contribution is 2.23. The first kappa shape index (κ1) is 23.6. The summed E-state index contributed by atoms with van der Waals surface area (Å²) in [6.45, 7) is 0.117. The first-order valence-electron chi connectivity index (χ1n) is 10.1. The fraction of sp³-hybridized carbons (Fsp3) is 0.429. The van der Waals surface area contributed by atoms with Crippen molar-refractivity contribution in [2.24, 2.45) is 0 Å². The number of hydrogen-bond acceptors (Lipinski definition) is 6. The molecule has 1 fully saturated rings. The molecule has 1 aromatic heterocycles.